The van der Waals surface area contributed by atoms with Gasteiger partial charge in [-0.2, -0.15) is 10.5 Å². The van der Waals surface area contributed by atoms with Crippen molar-refractivity contribution < 1.29 is 14.3 Å². The van der Waals surface area contributed by atoms with Gasteiger partial charge in [0.15, 0.2) is 0 Å². The Labute approximate surface area is 205 Å². The summed E-state index contributed by atoms with van der Waals surface area (Å²) in [6.07, 6.45) is 1.66. The van der Waals surface area contributed by atoms with Crippen LogP contribution in [0.3, 0.4) is 0 Å². The standard InChI is InChI=1S/C28H26N4O3/c1-2-32-13-11-22(12-14-32)28(33)31-23-15-26(34-24-7-3-20(18-29)4-8-24)17-27(16-23)35-25-9-5-21(19-30)6-10-25/h3-10,15-17,22H,2,11-14H2,1H3,(H,31,33). The van der Waals surface area contributed by atoms with E-state index in [0.29, 0.717) is 39.8 Å². The lowest BCUT2D eigenvalue weighted by Gasteiger charge is -2.30. The molecule has 1 aliphatic rings. The van der Waals surface area contributed by atoms with E-state index in [4.69, 9.17) is 20.0 Å². The smallest absolute Gasteiger partial charge is 0.227 e. The van der Waals surface area contributed by atoms with Crippen LogP contribution < -0.4 is 14.8 Å². The Kier molecular flexibility index (Phi) is 7.62. The van der Waals surface area contributed by atoms with E-state index in [-0.39, 0.29) is 11.8 Å². The summed E-state index contributed by atoms with van der Waals surface area (Å²) in [5, 5.41) is 21.1. The fraction of sp³-hybridized carbons (Fsp3) is 0.250. The zero-order valence-electron chi connectivity index (χ0n) is 19.5. The number of likely N-dealkylation sites (tertiary alicyclic amines) is 1. The molecule has 0 spiro atoms. The van der Waals surface area contributed by atoms with Gasteiger partial charge in [0.05, 0.1) is 23.3 Å². The van der Waals surface area contributed by atoms with Crippen LogP contribution >= 0.6 is 0 Å². The molecule has 7 heteroatoms. The summed E-state index contributed by atoms with van der Waals surface area (Å²) in [5.41, 5.74) is 1.65. The average molecular weight is 467 g/mol. The number of hydrogen-bond acceptors (Lipinski definition) is 6. The molecule has 0 aromatic heterocycles. The van der Waals surface area contributed by atoms with E-state index in [1.54, 1.807) is 66.7 Å². The van der Waals surface area contributed by atoms with Gasteiger partial charge in [-0.3, -0.25) is 4.79 Å². The molecule has 4 rings (SSSR count). The number of amides is 1. The first-order valence-corrected chi connectivity index (χ1v) is 11.6. The molecule has 1 fully saturated rings. The average Bonchev–Trinajstić information content (AvgIpc) is 2.89. The van der Waals surface area contributed by atoms with Gasteiger partial charge in [-0.25, -0.2) is 0 Å². The predicted molar refractivity (Wildman–Crippen MR) is 132 cm³/mol. The second kappa shape index (κ2) is 11.2. The highest BCUT2D eigenvalue weighted by Gasteiger charge is 2.24. The largest absolute Gasteiger partial charge is 0.457 e. The number of anilines is 1. The Balaban J connectivity index is 1.55. The number of benzene rings is 3. The van der Waals surface area contributed by atoms with Crippen molar-refractivity contribution in [1.82, 2.24) is 4.90 Å². The molecule has 0 aliphatic carbocycles. The maximum atomic E-state index is 13.0. The van der Waals surface area contributed by atoms with E-state index in [1.807, 2.05) is 0 Å². The first-order chi connectivity index (χ1) is 17.1. The molecule has 1 aliphatic heterocycles. The van der Waals surface area contributed by atoms with Crippen molar-refractivity contribution in [3.05, 3.63) is 77.9 Å². The van der Waals surface area contributed by atoms with Gasteiger partial charge in [-0.1, -0.05) is 6.92 Å². The summed E-state index contributed by atoms with van der Waals surface area (Å²) in [4.78, 5) is 15.3. The topological polar surface area (TPSA) is 98.4 Å². The van der Waals surface area contributed by atoms with Gasteiger partial charge in [0.2, 0.25) is 5.91 Å². The van der Waals surface area contributed by atoms with Crippen LogP contribution in [0.1, 0.15) is 30.9 Å². The molecule has 0 atom stereocenters. The molecule has 3 aromatic carbocycles. The zero-order valence-corrected chi connectivity index (χ0v) is 19.5. The number of carbonyl (C=O) groups is 1. The molecule has 1 N–H and O–H groups in total. The third-order valence-electron chi connectivity index (χ3n) is 5.99. The molecule has 3 aromatic rings. The maximum Gasteiger partial charge on any atom is 0.227 e. The van der Waals surface area contributed by atoms with E-state index >= 15 is 0 Å². The molecule has 176 valence electrons. The predicted octanol–water partition coefficient (Wildman–Crippen LogP) is 5.68. The van der Waals surface area contributed by atoms with Crippen LogP contribution in [-0.4, -0.2) is 30.4 Å². The van der Waals surface area contributed by atoms with Crippen molar-refractivity contribution >= 4 is 11.6 Å². The van der Waals surface area contributed by atoms with Gasteiger partial charge in [-0.05, 0) is 81.0 Å². The Hall–Kier alpha value is -4.33. The molecule has 0 saturated carbocycles. The van der Waals surface area contributed by atoms with Gasteiger partial charge >= 0.3 is 0 Å². The van der Waals surface area contributed by atoms with Crippen LogP contribution in [0.25, 0.3) is 0 Å². The first-order valence-electron chi connectivity index (χ1n) is 11.6. The van der Waals surface area contributed by atoms with Crippen molar-refractivity contribution in [3.8, 4) is 35.1 Å². The van der Waals surface area contributed by atoms with Gasteiger partial charge in [0.25, 0.3) is 0 Å². The lowest BCUT2D eigenvalue weighted by Crippen LogP contribution is -2.37. The van der Waals surface area contributed by atoms with Crippen LogP contribution in [-0.2, 0) is 4.79 Å². The normalized spacial score (nSPS) is 13.9. The number of piperidine rings is 1. The Bertz CT molecular complexity index is 1170. The zero-order chi connectivity index (χ0) is 24.6. The minimum absolute atomic E-state index is 0.0133. The number of nitriles is 2. The molecule has 1 saturated heterocycles. The fourth-order valence-electron chi connectivity index (χ4n) is 3.98. The van der Waals surface area contributed by atoms with E-state index < -0.39 is 0 Å². The molecule has 1 amide bonds. The lowest BCUT2D eigenvalue weighted by atomic mass is 9.96. The van der Waals surface area contributed by atoms with E-state index in [2.05, 4.69) is 29.3 Å². The highest BCUT2D eigenvalue weighted by atomic mass is 16.5. The Morgan fingerprint density at radius 1 is 0.857 bits per heavy atom. The quantitative estimate of drug-likeness (QED) is 0.481. The molecule has 0 unspecified atom stereocenters. The van der Waals surface area contributed by atoms with Crippen molar-refractivity contribution in [2.24, 2.45) is 5.92 Å². The minimum atomic E-state index is -0.0382. The second-order valence-corrected chi connectivity index (χ2v) is 8.37. The Morgan fingerprint density at radius 3 is 1.77 bits per heavy atom. The highest BCUT2D eigenvalue weighted by Crippen LogP contribution is 2.33. The second-order valence-electron chi connectivity index (χ2n) is 8.37. The number of nitrogens with zero attached hydrogens (tertiary/aromatic N) is 3. The van der Waals surface area contributed by atoms with Crippen molar-refractivity contribution in [1.29, 1.82) is 10.5 Å². The van der Waals surface area contributed by atoms with Crippen molar-refractivity contribution in [2.75, 3.05) is 25.0 Å². The maximum absolute atomic E-state index is 13.0. The van der Waals surface area contributed by atoms with Gasteiger partial charge < -0.3 is 19.7 Å². The number of nitrogens with one attached hydrogen (secondary N) is 1. The summed E-state index contributed by atoms with van der Waals surface area (Å²) in [7, 11) is 0. The molecular formula is C28H26N4O3. The number of hydrogen-bond donors (Lipinski definition) is 1. The molecule has 1 heterocycles. The fourth-order valence-corrected chi connectivity index (χ4v) is 3.98. The molecule has 0 bridgehead atoms. The lowest BCUT2D eigenvalue weighted by molar-refractivity contribution is -0.121. The summed E-state index contributed by atoms with van der Waals surface area (Å²) in [6.45, 7) is 4.97. The SMILES string of the molecule is CCN1CCC(C(=O)Nc2cc(Oc3ccc(C#N)cc3)cc(Oc3ccc(C#N)cc3)c2)CC1. The summed E-state index contributed by atoms with van der Waals surface area (Å²) < 4.78 is 12.0. The summed E-state index contributed by atoms with van der Waals surface area (Å²) in [5.74, 6) is 2.03. The molecule has 7 nitrogen and oxygen atoms in total. The monoisotopic (exact) mass is 466 g/mol. The van der Waals surface area contributed by atoms with Gasteiger partial charge in [-0.15, -0.1) is 0 Å². The van der Waals surface area contributed by atoms with E-state index in [0.717, 1.165) is 32.5 Å². The van der Waals surface area contributed by atoms with Crippen molar-refractivity contribution in [3.63, 3.8) is 0 Å². The number of rotatable bonds is 7. The van der Waals surface area contributed by atoms with Crippen LogP contribution in [0, 0.1) is 28.6 Å². The number of carbonyl (C=O) groups excluding carboxylic acids is 1. The van der Waals surface area contributed by atoms with Gasteiger partial charge in [0.1, 0.15) is 23.0 Å². The van der Waals surface area contributed by atoms with Crippen molar-refractivity contribution in [2.45, 2.75) is 19.8 Å². The third-order valence-corrected chi connectivity index (χ3v) is 5.99. The molecule has 0 radical (unpaired) electrons. The van der Waals surface area contributed by atoms with E-state index in [9.17, 15) is 4.79 Å². The minimum Gasteiger partial charge on any atom is -0.457 e. The first kappa shape index (κ1) is 23.8. The van der Waals surface area contributed by atoms with Crippen LogP contribution in [0.5, 0.6) is 23.0 Å². The Morgan fingerprint density at radius 2 is 1.34 bits per heavy atom. The van der Waals surface area contributed by atoms with Crippen LogP contribution in [0.4, 0.5) is 5.69 Å². The molecular weight excluding hydrogens is 440 g/mol. The highest BCUT2D eigenvalue weighted by molar-refractivity contribution is 5.93. The van der Waals surface area contributed by atoms with Crippen LogP contribution in [0.2, 0.25) is 0 Å². The summed E-state index contributed by atoms with van der Waals surface area (Å²) >= 11 is 0. The van der Waals surface area contributed by atoms with E-state index in [1.165, 1.54) is 0 Å². The van der Waals surface area contributed by atoms with Crippen LogP contribution in [0.15, 0.2) is 66.7 Å². The third kappa shape index (κ3) is 6.38. The van der Waals surface area contributed by atoms with Gasteiger partial charge in [0, 0.05) is 29.8 Å². The summed E-state index contributed by atoms with van der Waals surface area (Å²) in [6, 6.07) is 23.0. The molecule has 35 heavy (non-hydrogen) atoms. The number of ether oxygens (including phenoxy) is 2.